The van der Waals surface area contributed by atoms with E-state index in [2.05, 4.69) is 4.98 Å². The van der Waals surface area contributed by atoms with E-state index in [4.69, 9.17) is 5.11 Å². The first-order valence-electron chi connectivity index (χ1n) is 4.34. The van der Waals surface area contributed by atoms with Gasteiger partial charge < -0.3 is 5.11 Å². The maximum absolute atomic E-state index is 10.6. The van der Waals surface area contributed by atoms with Crippen molar-refractivity contribution in [1.29, 1.82) is 0 Å². The lowest BCUT2D eigenvalue weighted by Gasteiger charge is -1.97. The largest absolute Gasteiger partial charge is 0.481 e. The second kappa shape index (κ2) is 2.83. The maximum atomic E-state index is 10.6. The summed E-state index contributed by atoms with van der Waals surface area (Å²) >= 11 is 0. The topological polar surface area (TPSA) is 50.2 Å². The highest BCUT2D eigenvalue weighted by molar-refractivity contribution is 5.75. The Morgan fingerprint density at radius 1 is 1.62 bits per heavy atom. The van der Waals surface area contributed by atoms with Crippen LogP contribution >= 0.6 is 0 Å². The minimum Gasteiger partial charge on any atom is -0.481 e. The van der Waals surface area contributed by atoms with E-state index in [-0.39, 0.29) is 11.8 Å². The van der Waals surface area contributed by atoms with E-state index < -0.39 is 5.97 Å². The molecule has 13 heavy (non-hydrogen) atoms. The number of hydrogen-bond acceptors (Lipinski definition) is 2. The monoisotopic (exact) mass is 177 g/mol. The van der Waals surface area contributed by atoms with Gasteiger partial charge in [0.15, 0.2) is 0 Å². The first kappa shape index (κ1) is 8.23. The molecular formula is C10H11NO2. The van der Waals surface area contributed by atoms with Crippen LogP contribution in [0.15, 0.2) is 18.3 Å². The molecule has 1 aromatic heterocycles. The summed E-state index contributed by atoms with van der Waals surface area (Å²) < 4.78 is 0. The summed E-state index contributed by atoms with van der Waals surface area (Å²) in [5.41, 5.74) is 2.02. The van der Waals surface area contributed by atoms with Crippen LogP contribution < -0.4 is 0 Å². The molecule has 2 unspecified atom stereocenters. The Morgan fingerprint density at radius 2 is 2.38 bits per heavy atom. The zero-order chi connectivity index (χ0) is 9.42. The van der Waals surface area contributed by atoms with E-state index in [9.17, 15) is 4.79 Å². The molecule has 2 rings (SSSR count). The predicted octanol–water partition coefficient (Wildman–Crippen LogP) is 1.58. The molecule has 0 saturated heterocycles. The van der Waals surface area contributed by atoms with Crippen LogP contribution in [0.4, 0.5) is 0 Å². The van der Waals surface area contributed by atoms with Gasteiger partial charge in [0.1, 0.15) is 0 Å². The van der Waals surface area contributed by atoms with Crippen LogP contribution in [0.2, 0.25) is 0 Å². The second-order valence-electron chi connectivity index (χ2n) is 3.52. The molecule has 1 fully saturated rings. The van der Waals surface area contributed by atoms with Crippen molar-refractivity contribution in [3.63, 3.8) is 0 Å². The van der Waals surface area contributed by atoms with Crippen molar-refractivity contribution in [2.45, 2.75) is 19.3 Å². The third-order valence-electron chi connectivity index (χ3n) is 2.47. The number of aryl methyl sites for hydroxylation is 1. The van der Waals surface area contributed by atoms with Crippen molar-refractivity contribution in [3.8, 4) is 0 Å². The molecule has 0 spiro atoms. The van der Waals surface area contributed by atoms with E-state index in [0.29, 0.717) is 0 Å². The van der Waals surface area contributed by atoms with Gasteiger partial charge in [0, 0.05) is 11.9 Å². The highest BCUT2D eigenvalue weighted by atomic mass is 16.4. The Hall–Kier alpha value is -1.38. The number of carboxylic acid groups (broad SMARTS) is 1. The molecular weight excluding hydrogens is 166 g/mol. The van der Waals surface area contributed by atoms with Crippen LogP contribution in [-0.2, 0) is 4.79 Å². The molecule has 0 aliphatic heterocycles. The molecule has 1 heterocycles. The number of nitrogens with zero attached hydrogens (tertiary/aromatic N) is 1. The lowest BCUT2D eigenvalue weighted by molar-refractivity contribution is -0.138. The van der Waals surface area contributed by atoms with Crippen LogP contribution in [0.25, 0.3) is 0 Å². The Balaban J connectivity index is 2.12. The molecule has 0 radical (unpaired) electrons. The molecule has 68 valence electrons. The summed E-state index contributed by atoms with van der Waals surface area (Å²) in [5.74, 6) is -0.666. The van der Waals surface area contributed by atoms with Gasteiger partial charge in [0.05, 0.1) is 5.92 Å². The maximum Gasteiger partial charge on any atom is 0.307 e. The van der Waals surface area contributed by atoms with Crippen LogP contribution in [0.1, 0.15) is 23.6 Å². The first-order valence-corrected chi connectivity index (χ1v) is 4.34. The quantitative estimate of drug-likeness (QED) is 0.746. The van der Waals surface area contributed by atoms with Crippen molar-refractivity contribution < 1.29 is 9.90 Å². The lowest BCUT2D eigenvalue weighted by Crippen LogP contribution is -1.99. The van der Waals surface area contributed by atoms with Gasteiger partial charge in [-0.25, -0.2) is 0 Å². The summed E-state index contributed by atoms with van der Waals surface area (Å²) in [4.78, 5) is 14.7. The van der Waals surface area contributed by atoms with E-state index in [1.807, 2.05) is 19.1 Å². The second-order valence-corrected chi connectivity index (χ2v) is 3.52. The lowest BCUT2D eigenvalue weighted by atomic mass is 10.1. The zero-order valence-corrected chi connectivity index (χ0v) is 7.40. The van der Waals surface area contributed by atoms with Gasteiger partial charge >= 0.3 is 5.97 Å². The van der Waals surface area contributed by atoms with Crippen molar-refractivity contribution in [1.82, 2.24) is 4.98 Å². The Kier molecular flexibility index (Phi) is 1.79. The molecule has 3 nitrogen and oxygen atoms in total. The summed E-state index contributed by atoms with van der Waals surface area (Å²) in [6.07, 6.45) is 2.54. The third-order valence-corrected chi connectivity index (χ3v) is 2.47. The zero-order valence-electron chi connectivity index (χ0n) is 7.40. The number of carboxylic acids is 1. The molecule has 3 heteroatoms. The van der Waals surface area contributed by atoms with Gasteiger partial charge in [-0.2, -0.15) is 0 Å². The normalized spacial score (nSPS) is 25.6. The fourth-order valence-corrected chi connectivity index (χ4v) is 1.53. The Bertz CT molecular complexity index is 331. The third kappa shape index (κ3) is 1.54. The number of aliphatic carboxylic acids is 1. The molecule has 0 aromatic carbocycles. The molecule has 1 aliphatic carbocycles. The van der Waals surface area contributed by atoms with Gasteiger partial charge in [-0.1, -0.05) is 6.07 Å². The van der Waals surface area contributed by atoms with Crippen LogP contribution in [-0.4, -0.2) is 16.1 Å². The van der Waals surface area contributed by atoms with E-state index >= 15 is 0 Å². The molecule has 2 atom stereocenters. The molecule has 1 aliphatic rings. The minimum absolute atomic E-state index is 0.176. The molecule has 1 aromatic rings. The van der Waals surface area contributed by atoms with E-state index in [1.54, 1.807) is 6.20 Å². The number of pyridine rings is 1. The highest BCUT2D eigenvalue weighted by Crippen LogP contribution is 2.47. The summed E-state index contributed by atoms with van der Waals surface area (Å²) in [7, 11) is 0. The van der Waals surface area contributed by atoms with Crippen molar-refractivity contribution in [2.24, 2.45) is 5.92 Å². The Morgan fingerprint density at radius 3 is 2.85 bits per heavy atom. The highest BCUT2D eigenvalue weighted by Gasteiger charge is 2.44. The Labute approximate surface area is 76.4 Å². The standard InChI is InChI=1S/C10H11NO2/c1-6-2-3-7(5-11-6)8-4-9(8)10(12)13/h2-3,5,8-9H,4H2,1H3,(H,12,13). The average Bonchev–Trinajstić information content (AvgIpc) is 2.85. The van der Waals surface area contributed by atoms with Crippen LogP contribution in [0.5, 0.6) is 0 Å². The molecule has 0 bridgehead atoms. The fraction of sp³-hybridized carbons (Fsp3) is 0.400. The van der Waals surface area contributed by atoms with E-state index in [1.165, 1.54) is 0 Å². The summed E-state index contributed by atoms with van der Waals surface area (Å²) in [5, 5.41) is 8.72. The van der Waals surface area contributed by atoms with Crippen LogP contribution in [0.3, 0.4) is 0 Å². The smallest absolute Gasteiger partial charge is 0.307 e. The molecule has 1 saturated carbocycles. The first-order chi connectivity index (χ1) is 6.18. The SMILES string of the molecule is Cc1ccc(C2CC2C(=O)O)cn1. The fourth-order valence-electron chi connectivity index (χ4n) is 1.53. The van der Waals surface area contributed by atoms with Crippen molar-refractivity contribution in [3.05, 3.63) is 29.6 Å². The van der Waals surface area contributed by atoms with Crippen molar-refractivity contribution in [2.75, 3.05) is 0 Å². The predicted molar refractivity (Wildman–Crippen MR) is 47.5 cm³/mol. The average molecular weight is 177 g/mol. The van der Waals surface area contributed by atoms with E-state index in [0.717, 1.165) is 17.7 Å². The summed E-state index contributed by atoms with van der Waals surface area (Å²) in [6.45, 7) is 1.92. The number of hydrogen-bond donors (Lipinski definition) is 1. The number of rotatable bonds is 2. The number of aromatic nitrogens is 1. The van der Waals surface area contributed by atoms with Gasteiger partial charge in [0.25, 0.3) is 0 Å². The van der Waals surface area contributed by atoms with Gasteiger partial charge in [-0.05, 0) is 30.9 Å². The van der Waals surface area contributed by atoms with Crippen LogP contribution in [0, 0.1) is 12.8 Å². The van der Waals surface area contributed by atoms with Crippen molar-refractivity contribution >= 4 is 5.97 Å². The van der Waals surface area contributed by atoms with Gasteiger partial charge in [0.2, 0.25) is 0 Å². The van der Waals surface area contributed by atoms with Gasteiger partial charge in [-0.3, -0.25) is 9.78 Å². The number of carbonyl (C=O) groups is 1. The minimum atomic E-state index is -0.689. The van der Waals surface area contributed by atoms with Gasteiger partial charge in [-0.15, -0.1) is 0 Å². The molecule has 0 amide bonds. The summed E-state index contributed by atoms with van der Waals surface area (Å²) in [6, 6.07) is 3.89. The molecule has 1 N–H and O–H groups in total.